The summed E-state index contributed by atoms with van der Waals surface area (Å²) in [5, 5.41) is 34.6. The summed E-state index contributed by atoms with van der Waals surface area (Å²) < 4.78 is 0. The number of hydrogen-bond acceptors (Lipinski definition) is 6. The number of nitrogen functional groups attached to an aromatic ring is 1. The number of carbonyl (C=O) groups is 3. The van der Waals surface area contributed by atoms with Crippen molar-refractivity contribution in [2.75, 3.05) is 5.73 Å². The molecular weight excluding hydrogens is 330 g/mol. The summed E-state index contributed by atoms with van der Waals surface area (Å²) in [5.41, 5.74) is 6.19. The number of nitrogens with two attached hydrogens (primary N) is 1. The van der Waals surface area contributed by atoms with Gasteiger partial charge in [-0.15, -0.1) is 0 Å². The fourth-order valence-corrected chi connectivity index (χ4v) is 2.00. The summed E-state index contributed by atoms with van der Waals surface area (Å²) in [6.45, 7) is 0. The van der Waals surface area contributed by atoms with Crippen molar-refractivity contribution in [2.24, 2.45) is 10.2 Å². The number of hydrogen-bond donors (Lipinski definition) is 4. The summed E-state index contributed by atoms with van der Waals surface area (Å²) >= 11 is 0. The fourth-order valence-electron chi connectivity index (χ4n) is 2.00. The van der Waals surface area contributed by atoms with Gasteiger partial charge in [0.2, 0.25) is 0 Å². The minimum atomic E-state index is -1.30. The van der Waals surface area contributed by atoms with Gasteiger partial charge in [-0.3, -0.25) is 4.79 Å². The molecule has 0 saturated carbocycles. The normalized spacial score (nSPS) is 10.7. The minimum Gasteiger partial charge on any atom is -0.481 e. The van der Waals surface area contributed by atoms with E-state index in [4.69, 9.17) is 21.1 Å². The number of carboxylic acid groups (broad SMARTS) is 3. The average molecular weight is 343 g/mol. The second-order valence-corrected chi connectivity index (χ2v) is 5.03. The third kappa shape index (κ3) is 4.61. The molecule has 25 heavy (non-hydrogen) atoms. The standard InChI is InChI=1S/C16H13N3O6/c17-13-2-1-11(4-8(13)7-14(20)21)18-19-12-5-9(15(22)23)3-10(6-12)16(24)25/h1-6H,7,17H2,(H,20,21)(H,22,23)(H,24,25). The maximum atomic E-state index is 11.1. The molecule has 0 aliphatic heterocycles. The van der Waals surface area contributed by atoms with Gasteiger partial charge in [-0.25, -0.2) is 9.59 Å². The number of nitrogens with zero attached hydrogens (tertiary/aromatic N) is 2. The number of aromatic carboxylic acids is 2. The van der Waals surface area contributed by atoms with Crippen LogP contribution >= 0.6 is 0 Å². The second kappa shape index (κ2) is 7.21. The van der Waals surface area contributed by atoms with Crippen molar-refractivity contribution < 1.29 is 29.7 Å². The van der Waals surface area contributed by atoms with E-state index in [-0.39, 0.29) is 23.2 Å². The van der Waals surface area contributed by atoms with E-state index in [1.165, 1.54) is 30.3 Å². The number of azo groups is 1. The van der Waals surface area contributed by atoms with Crippen molar-refractivity contribution in [1.82, 2.24) is 0 Å². The van der Waals surface area contributed by atoms with Gasteiger partial charge < -0.3 is 21.1 Å². The topological polar surface area (TPSA) is 163 Å². The van der Waals surface area contributed by atoms with Crippen LogP contribution in [0.3, 0.4) is 0 Å². The molecule has 0 fully saturated rings. The van der Waals surface area contributed by atoms with Crippen LogP contribution in [0.4, 0.5) is 17.1 Å². The van der Waals surface area contributed by atoms with Gasteiger partial charge in [-0.05, 0) is 42.0 Å². The molecule has 0 unspecified atom stereocenters. The van der Waals surface area contributed by atoms with Gasteiger partial charge in [-0.2, -0.15) is 10.2 Å². The van der Waals surface area contributed by atoms with E-state index in [1.807, 2.05) is 0 Å². The van der Waals surface area contributed by atoms with Crippen molar-refractivity contribution in [2.45, 2.75) is 6.42 Å². The predicted molar refractivity (Wildman–Crippen MR) is 86.7 cm³/mol. The quantitative estimate of drug-likeness (QED) is 0.462. The molecular formula is C16H13N3O6. The molecule has 2 aromatic carbocycles. The highest BCUT2D eigenvalue weighted by atomic mass is 16.4. The van der Waals surface area contributed by atoms with Crippen molar-refractivity contribution in [3.8, 4) is 0 Å². The Morgan fingerprint density at radius 1 is 0.840 bits per heavy atom. The molecule has 0 aromatic heterocycles. The Hall–Kier alpha value is -3.75. The minimum absolute atomic E-state index is 0.0360. The molecule has 128 valence electrons. The molecule has 9 nitrogen and oxygen atoms in total. The number of benzene rings is 2. The SMILES string of the molecule is Nc1ccc(N=Nc2cc(C(=O)O)cc(C(=O)O)c2)cc1CC(=O)O. The zero-order valence-electron chi connectivity index (χ0n) is 12.7. The van der Waals surface area contributed by atoms with Gasteiger partial charge in [0.1, 0.15) is 0 Å². The van der Waals surface area contributed by atoms with E-state index < -0.39 is 17.9 Å². The lowest BCUT2D eigenvalue weighted by Crippen LogP contribution is -2.03. The molecule has 2 rings (SSSR count). The van der Waals surface area contributed by atoms with Crippen LogP contribution in [0.15, 0.2) is 46.6 Å². The van der Waals surface area contributed by atoms with Crippen LogP contribution in [0.2, 0.25) is 0 Å². The third-order valence-electron chi connectivity index (χ3n) is 3.16. The molecule has 0 atom stereocenters. The highest BCUT2D eigenvalue weighted by molar-refractivity contribution is 5.95. The molecule has 0 bridgehead atoms. The zero-order chi connectivity index (χ0) is 18.6. The maximum Gasteiger partial charge on any atom is 0.335 e. The Balaban J connectivity index is 2.37. The van der Waals surface area contributed by atoms with Gasteiger partial charge in [0.25, 0.3) is 0 Å². The van der Waals surface area contributed by atoms with Crippen molar-refractivity contribution >= 4 is 35.0 Å². The molecule has 9 heteroatoms. The number of carboxylic acids is 3. The molecule has 0 spiro atoms. The van der Waals surface area contributed by atoms with Crippen molar-refractivity contribution in [3.05, 3.63) is 53.1 Å². The monoisotopic (exact) mass is 343 g/mol. The molecule has 0 radical (unpaired) electrons. The fraction of sp³-hybridized carbons (Fsp3) is 0.0625. The lowest BCUT2D eigenvalue weighted by Gasteiger charge is -2.04. The number of rotatable bonds is 6. The van der Waals surface area contributed by atoms with E-state index in [1.54, 1.807) is 0 Å². The van der Waals surface area contributed by atoms with Gasteiger partial charge in [-0.1, -0.05) is 0 Å². The number of aliphatic carboxylic acids is 1. The maximum absolute atomic E-state index is 11.1. The van der Waals surface area contributed by atoms with Gasteiger partial charge in [0, 0.05) is 5.69 Å². The van der Waals surface area contributed by atoms with Crippen LogP contribution in [0, 0.1) is 0 Å². The Morgan fingerprint density at radius 3 is 1.92 bits per heavy atom. The molecule has 0 amide bonds. The zero-order valence-corrected chi connectivity index (χ0v) is 12.7. The Bertz CT molecular complexity index is 859. The summed E-state index contributed by atoms with van der Waals surface area (Å²) in [5.74, 6) is -3.65. The van der Waals surface area contributed by atoms with Gasteiger partial charge in [0.05, 0.1) is 28.9 Å². The first-order valence-corrected chi connectivity index (χ1v) is 6.90. The molecule has 0 aliphatic carbocycles. The van der Waals surface area contributed by atoms with E-state index in [2.05, 4.69) is 10.2 Å². The van der Waals surface area contributed by atoms with Crippen LogP contribution in [0.1, 0.15) is 26.3 Å². The van der Waals surface area contributed by atoms with Crippen molar-refractivity contribution in [1.29, 1.82) is 0 Å². The second-order valence-electron chi connectivity index (χ2n) is 5.03. The summed E-state index contributed by atoms with van der Waals surface area (Å²) in [4.78, 5) is 32.9. The smallest absolute Gasteiger partial charge is 0.335 e. The van der Waals surface area contributed by atoms with Gasteiger partial charge >= 0.3 is 17.9 Å². The highest BCUT2D eigenvalue weighted by Gasteiger charge is 2.11. The van der Waals surface area contributed by atoms with Crippen molar-refractivity contribution in [3.63, 3.8) is 0 Å². The Morgan fingerprint density at radius 2 is 1.40 bits per heavy atom. The first kappa shape index (κ1) is 17.6. The van der Waals surface area contributed by atoms with Crippen LogP contribution in [0.5, 0.6) is 0 Å². The van der Waals surface area contributed by atoms with Crippen LogP contribution in [-0.2, 0) is 11.2 Å². The third-order valence-corrected chi connectivity index (χ3v) is 3.16. The van der Waals surface area contributed by atoms with E-state index >= 15 is 0 Å². The van der Waals surface area contributed by atoms with Crippen LogP contribution in [-0.4, -0.2) is 33.2 Å². The van der Waals surface area contributed by atoms with E-state index in [0.717, 1.165) is 6.07 Å². The average Bonchev–Trinajstić information content (AvgIpc) is 2.54. The van der Waals surface area contributed by atoms with E-state index in [9.17, 15) is 14.4 Å². The molecule has 0 aliphatic rings. The molecule has 0 heterocycles. The Labute approximate surface area is 141 Å². The predicted octanol–water partition coefficient (Wildman–Crippen LogP) is 2.71. The Kier molecular flexibility index (Phi) is 5.08. The summed E-state index contributed by atoms with van der Waals surface area (Å²) in [6, 6.07) is 7.78. The molecule has 2 aromatic rings. The largest absolute Gasteiger partial charge is 0.481 e. The number of anilines is 1. The summed E-state index contributed by atoms with van der Waals surface area (Å²) in [7, 11) is 0. The first-order chi connectivity index (χ1) is 11.8. The lowest BCUT2D eigenvalue weighted by molar-refractivity contribution is -0.136. The van der Waals surface area contributed by atoms with Crippen LogP contribution in [0.25, 0.3) is 0 Å². The summed E-state index contributed by atoms with van der Waals surface area (Å²) in [6.07, 6.45) is -0.285. The van der Waals surface area contributed by atoms with Crippen LogP contribution < -0.4 is 5.73 Å². The van der Waals surface area contributed by atoms with E-state index in [0.29, 0.717) is 16.9 Å². The lowest BCUT2D eigenvalue weighted by atomic mass is 10.1. The molecule has 0 saturated heterocycles. The highest BCUT2D eigenvalue weighted by Crippen LogP contribution is 2.24. The molecule has 5 N–H and O–H groups in total. The first-order valence-electron chi connectivity index (χ1n) is 6.90. The van der Waals surface area contributed by atoms with Gasteiger partial charge in [0.15, 0.2) is 0 Å².